The third-order valence-corrected chi connectivity index (χ3v) is 6.12. The van der Waals surface area contributed by atoms with Gasteiger partial charge in [0.1, 0.15) is 11.5 Å². The average molecular weight is 457 g/mol. The van der Waals surface area contributed by atoms with E-state index in [0.717, 1.165) is 27.4 Å². The highest BCUT2D eigenvalue weighted by Gasteiger charge is 2.12. The van der Waals surface area contributed by atoms with Crippen molar-refractivity contribution in [2.45, 2.75) is 0 Å². The molecule has 0 radical (unpaired) electrons. The topological polar surface area (TPSA) is 69.7 Å². The van der Waals surface area contributed by atoms with Crippen LogP contribution in [0, 0.1) is 0 Å². The molecule has 0 unspecified atom stereocenters. The van der Waals surface area contributed by atoms with Gasteiger partial charge in [-0.15, -0.1) is 11.3 Å². The van der Waals surface area contributed by atoms with Crippen molar-refractivity contribution >= 4 is 44.6 Å². The second-order valence-corrected chi connectivity index (χ2v) is 8.24. The van der Waals surface area contributed by atoms with Crippen molar-refractivity contribution in [1.82, 2.24) is 4.98 Å². The number of rotatable bonds is 6. The van der Waals surface area contributed by atoms with Crippen LogP contribution in [0.5, 0.6) is 23.0 Å². The van der Waals surface area contributed by atoms with E-state index >= 15 is 0 Å². The Balaban J connectivity index is 1.46. The molecule has 6 nitrogen and oxygen atoms in total. The van der Waals surface area contributed by atoms with E-state index < -0.39 is 0 Å². The number of aromatic nitrogens is 1. The standard InChI is InChI=1S/C26H20N2O4S/c1-30-23-14-20-21(15-24(23)31-2)27-10-9-22(20)32-19-8-6-16-5-7-18(12-17(16)13-19)28-26(29)25-4-3-11-33-25/h3-15H,1-2H3,(H,28,29). The minimum absolute atomic E-state index is 0.121. The van der Waals surface area contributed by atoms with Gasteiger partial charge in [-0.25, -0.2) is 0 Å². The number of nitrogens with one attached hydrogen (secondary N) is 1. The number of anilines is 1. The van der Waals surface area contributed by atoms with Crippen molar-refractivity contribution in [2.75, 3.05) is 19.5 Å². The van der Waals surface area contributed by atoms with Crippen LogP contribution in [0.2, 0.25) is 0 Å². The molecule has 164 valence electrons. The summed E-state index contributed by atoms with van der Waals surface area (Å²) < 4.78 is 17.0. The van der Waals surface area contributed by atoms with E-state index in [9.17, 15) is 4.79 Å². The van der Waals surface area contributed by atoms with Crippen molar-refractivity contribution in [1.29, 1.82) is 0 Å². The van der Waals surface area contributed by atoms with Gasteiger partial charge in [-0.1, -0.05) is 18.2 Å². The molecule has 0 aliphatic carbocycles. The average Bonchev–Trinajstić information content (AvgIpc) is 3.38. The number of amides is 1. The Morgan fingerprint density at radius 2 is 1.70 bits per heavy atom. The van der Waals surface area contributed by atoms with Crippen LogP contribution < -0.4 is 19.5 Å². The van der Waals surface area contributed by atoms with Gasteiger partial charge in [0.25, 0.3) is 5.91 Å². The first-order valence-corrected chi connectivity index (χ1v) is 11.1. The van der Waals surface area contributed by atoms with Gasteiger partial charge in [-0.2, -0.15) is 0 Å². The second-order valence-electron chi connectivity index (χ2n) is 7.29. The monoisotopic (exact) mass is 456 g/mol. The Bertz CT molecular complexity index is 1460. The second kappa shape index (κ2) is 8.80. The van der Waals surface area contributed by atoms with Crippen LogP contribution in [0.3, 0.4) is 0 Å². The van der Waals surface area contributed by atoms with Crippen molar-refractivity contribution in [3.05, 3.63) is 83.2 Å². The van der Waals surface area contributed by atoms with Crippen molar-refractivity contribution in [2.24, 2.45) is 0 Å². The molecule has 0 bridgehead atoms. The number of ether oxygens (including phenoxy) is 3. The van der Waals surface area contributed by atoms with Crippen LogP contribution in [0.25, 0.3) is 21.7 Å². The molecule has 5 aromatic rings. The summed E-state index contributed by atoms with van der Waals surface area (Å²) in [5, 5.41) is 7.64. The third-order valence-electron chi connectivity index (χ3n) is 5.25. The maximum atomic E-state index is 12.4. The van der Waals surface area contributed by atoms with Gasteiger partial charge < -0.3 is 19.5 Å². The first-order chi connectivity index (χ1) is 16.1. The van der Waals surface area contributed by atoms with E-state index in [1.807, 2.05) is 66.0 Å². The van der Waals surface area contributed by atoms with Gasteiger partial charge in [-0.3, -0.25) is 9.78 Å². The number of carbonyl (C=O) groups excluding carboxylic acids is 1. The molecule has 5 rings (SSSR count). The van der Waals surface area contributed by atoms with E-state index in [1.165, 1.54) is 11.3 Å². The van der Waals surface area contributed by atoms with Gasteiger partial charge in [-0.05, 0) is 58.6 Å². The Labute approximate surface area is 194 Å². The Morgan fingerprint density at radius 3 is 2.48 bits per heavy atom. The Hall–Kier alpha value is -4.10. The summed E-state index contributed by atoms with van der Waals surface area (Å²) in [6, 6.07) is 20.8. The molecule has 0 aliphatic heterocycles. The summed E-state index contributed by atoms with van der Waals surface area (Å²) in [6.07, 6.45) is 1.70. The summed E-state index contributed by atoms with van der Waals surface area (Å²) in [7, 11) is 3.19. The molecule has 0 spiro atoms. The van der Waals surface area contributed by atoms with Crippen LogP contribution in [0.4, 0.5) is 5.69 Å². The molecular weight excluding hydrogens is 436 g/mol. The number of methoxy groups -OCH3 is 2. The largest absolute Gasteiger partial charge is 0.493 e. The van der Waals surface area contributed by atoms with Crippen LogP contribution in [0.15, 0.2) is 78.3 Å². The van der Waals surface area contributed by atoms with Gasteiger partial charge >= 0.3 is 0 Å². The highest BCUT2D eigenvalue weighted by atomic mass is 32.1. The molecule has 1 N–H and O–H groups in total. The van der Waals surface area contributed by atoms with E-state index in [1.54, 1.807) is 26.5 Å². The summed E-state index contributed by atoms with van der Waals surface area (Å²) in [6.45, 7) is 0. The van der Waals surface area contributed by atoms with E-state index in [2.05, 4.69) is 10.3 Å². The zero-order chi connectivity index (χ0) is 22.8. The molecule has 33 heavy (non-hydrogen) atoms. The van der Waals surface area contributed by atoms with Crippen LogP contribution in [0.1, 0.15) is 9.67 Å². The fraction of sp³-hybridized carbons (Fsp3) is 0.0769. The number of hydrogen-bond donors (Lipinski definition) is 1. The van der Waals surface area contributed by atoms with Crippen molar-refractivity contribution in [3.63, 3.8) is 0 Å². The van der Waals surface area contributed by atoms with Gasteiger partial charge in [0.15, 0.2) is 11.5 Å². The first-order valence-electron chi connectivity index (χ1n) is 10.2. The van der Waals surface area contributed by atoms with Gasteiger partial charge in [0, 0.05) is 23.3 Å². The lowest BCUT2D eigenvalue weighted by Crippen LogP contribution is -2.09. The lowest BCUT2D eigenvalue weighted by Gasteiger charge is -2.13. The maximum Gasteiger partial charge on any atom is 0.265 e. The third kappa shape index (κ3) is 4.18. The summed E-state index contributed by atoms with van der Waals surface area (Å²) >= 11 is 1.41. The quantitative estimate of drug-likeness (QED) is 0.315. The molecule has 1 amide bonds. The molecule has 0 saturated heterocycles. The van der Waals surface area contributed by atoms with Crippen LogP contribution >= 0.6 is 11.3 Å². The molecule has 3 aromatic carbocycles. The number of hydrogen-bond acceptors (Lipinski definition) is 6. The predicted molar refractivity (Wildman–Crippen MR) is 131 cm³/mol. The fourth-order valence-corrected chi connectivity index (χ4v) is 4.25. The lowest BCUT2D eigenvalue weighted by molar-refractivity contribution is 0.103. The van der Waals surface area contributed by atoms with E-state index in [4.69, 9.17) is 14.2 Å². The fourth-order valence-electron chi connectivity index (χ4n) is 3.63. The minimum Gasteiger partial charge on any atom is -0.493 e. The molecule has 0 aliphatic rings. The van der Waals surface area contributed by atoms with Gasteiger partial charge in [0.05, 0.1) is 24.6 Å². The number of thiophene rings is 1. The van der Waals surface area contributed by atoms with Crippen molar-refractivity contribution in [3.8, 4) is 23.0 Å². The normalized spacial score (nSPS) is 10.8. The zero-order valence-corrected chi connectivity index (χ0v) is 18.8. The minimum atomic E-state index is -0.121. The van der Waals surface area contributed by atoms with Crippen LogP contribution in [-0.2, 0) is 0 Å². The summed E-state index contributed by atoms with van der Waals surface area (Å²) in [5.41, 5.74) is 1.47. The van der Waals surface area contributed by atoms with Crippen LogP contribution in [-0.4, -0.2) is 25.1 Å². The molecule has 0 fully saturated rings. The maximum absolute atomic E-state index is 12.4. The molecule has 7 heteroatoms. The number of nitrogens with zero attached hydrogens (tertiary/aromatic N) is 1. The highest BCUT2D eigenvalue weighted by Crippen LogP contribution is 2.37. The molecule has 2 heterocycles. The SMILES string of the molecule is COc1cc2nccc(Oc3ccc4ccc(NC(=O)c5cccs5)cc4c3)c2cc1OC. The number of fused-ring (bicyclic) bond motifs is 2. The number of benzene rings is 3. The predicted octanol–water partition coefficient (Wildman–Crippen LogP) is 6.51. The zero-order valence-electron chi connectivity index (χ0n) is 18.0. The lowest BCUT2D eigenvalue weighted by atomic mass is 10.1. The molecule has 0 atom stereocenters. The molecule has 0 saturated carbocycles. The summed E-state index contributed by atoms with van der Waals surface area (Å²) in [5.74, 6) is 2.42. The van der Waals surface area contributed by atoms with E-state index in [-0.39, 0.29) is 5.91 Å². The highest BCUT2D eigenvalue weighted by molar-refractivity contribution is 7.12. The Kier molecular flexibility index (Phi) is 5.54. The number of pyridine rings is 1. The Morgan fingerprint density at radius 1 is 0.879 bits per heavy atom. The van der Waals surface area contributed by atoms with Crippen molar-refractivity contribution < 1.29 is 19.0 Å². The molecular formula is C26H20N2O4S. The molecule has 2 aromatic heterocycles. The summed E-state index contributed by atoms with van der Waals surface area (Å²) in [4.78, 5) is 17.5. The first kappa shape index (κ1) is 20.8. The smallest absolute Gasteiger partial charge is 0.265 e. The van der Waals surface area contributed by atoms with Gasteiger partial charge in [0.2, 0.25) is 0 Å². The number of carbonyl (C=O) groups is 1. The van der Waals surface area contributed by atoms with E-state index in [0.29, 0.717) is 27.9 Å².